The predicted molar refractivity (Wildman–Crippen MR) is 31.6 cm³/mol. The summed E-state index contributed by atoms with van der Waals surface area (Å²) in [5, 5.41) is 0. The quantitative estimate of drug-likeness (QED) is 0.739. The Labute approximate surface area is 57.9 Å². The van der Waals surface area contributed by atoms with Crippen LogP contribution >= 0.6 is 0 Å². The topological polar surface area (TPSA) is 32.5 Å². The fraction of sp³-hybridized carbons (Fsp3) is 1.00. The van der Waals surface area contributed by atoms with Gasteiger partial charge in [0.2, 0.25) is 0 Å². The zero-order valence-corrected chi connectivity index (χ0v) is 8.81. The van der Waals surface area contributed by atoms with E-state index in [2.05, 4.69) is 6.92 Å². The Bertz CT molecular complexity index is 56.3. The van der Waals surface area contributed by atoms with Gasteiger partial charge in [0.25, 0.3) is 0 Å². The van der Waals surface area contributed by atoms with Crippen molar-refractivity contribution in [1.29, 1.82) is 0 Å². The molecule has 0 aliphatic rings. The minimum atomic E-state index is -1.67. The van der Waals surface area contributed by atoms with E-state index in [9.17, 15) is 0 Å². The van der Waals surface area contributed by atoms with Crippen LogP contribution in [0.25, 0.3) is 0 Å². The van der Waals surface area contributed by atoms with Gasteiger partial charge < -0.3 is 0 Å². The molecule has 0 amide bonds. The van der Waals surface area contributed by atoms with Crippen LogP contribution in [0.2, 0.25) is 0 Å². The molecule has 0 aromatic rings. The molecule has 0 aliphatic heterocycles. The van der Waals surface area contributed by atoms with E-state index in [0.29, 0.717) is 0 Å². The molecule has 0 rings (SSSR count). The Morgan fingerprint density at radius 2 is 1.25 bits per heavy atom. The zero-order chi connectivity index (χ0) is 6.73. The summed E-state index contributed by atoms with van der Waals surface area (Å²) in [6.07, 6.45) is 0. The van der Waals surface area contributed by atoms with Crippen molar-refractivity contribution in [3.8, 4) is 0 Å². The molecule has 0 saturated carbocycles. The fourth-order valence-corrected chi connectivity index (χ4v) is 2.67. The molecular formula is C4H14N3W. The van der Waals surface area contributed by atoms with Crippen LogP contribution in [0.15, 0.2) is 0 Å². The number of rotatable bonds is 2. The molecule has 0 radical (unpaired) electrons. The van der Waals surface area contributed by atoms with Gasteiger partial charge in [-0.3, -0.25) is 0 Å². The first kappa shape index (κ1) is 8.57. The zero-order valence-electron chi connectivity index (χ0n) is 5.88. The summed E-state index contributed by atoms with van der Waals surface area (Å²) in [5.74, 6) is 0. The van der Waals surface area contributed by atoms with Crippen molar-refractivity contribution in [2.45, 2.75) is 0 Å². The number of hydrogen-bond acceptors (Lipinski definition) is 3. The van der Waals surface area contributed by atoms with Crippen LogP contribution in [0.1, 0.15) is 0 Å². The molecule has 3 nitrogen and oxygen atoms in total. The molecule has 0 atom stereocenters. The Kier molecular flexibility index (Phi) is 3.82. The predicted octanol–water partition coefficient (Wildman–Crippen LogP) is -0.568. The maximum absolute atomic E-state index is 5.81. The number of hydrogen-bond donors (Lipinski definition) is 1. The fourth-order valence-electron chi connectivity index (χ4n) is 0.327. The molecule has 0 heterocycles. The number of nitrogens with two attached hydrogens (primary N) is 1. The summed E-state index contributed by atoms with van der Waals surface area (Å²) < 4.78 is 10.1. The van der Waals surface area contributed by atoms with Crippen LogP contribution in [-0.4, -0.2) is 35.1 Å². The van der Waals surface area contributed by atoms with Crippen molar-refractivity contribution < 1.29 is 18.1 Å². The molecule has 51 valence electrons. The average Bonchev–Trinajstić information content (AvgIpc) is 1.64. The van der Waals surface area contributed by atoms with Crippen molar-refractivity contribution in [1.82, 2.24) is 6.92 Å². The molecule has 0 aromatic heterocycles. The van der Waals surface area contributed by atoms with Gasteiger partial charge in [-0.25, -0.2) is 0 Å². The average molecular weight is 288 g/mol. The van der Waals surface area contributed by atoms with Crippen molar-refractivity contribution in [3.63, 3.8) is 0 Å². The summed E-state index contributed by atoms with van der Waals surface area (Å²) in [6, 6.07) is 0. The summed E-state index contributed by atoms with van der Waals surface area (Å²) in [4.78, 5) is 0. The first-order valence-electron chi connectivity index (χ1n) is 2.39. The molecule has 4 heteroatoms. The van der Waals surface area contributed by atoms with Crippen LogP contribution in [0.5, 0.6) is 0 Å². The molecule has 0 bridgehead atoms. The molecule has 0 aliphatic carbocycles. The SMILES string of the molecule is C[N](C)[W]([NH2])[N](C)C. The van der Waals surface area contributed by atoms with Crippen LogP contribution in [-0.2, 0) is 18.1 Å². The van der Waals surface area contributed by atoms with Gasteiger partial charge >= 0.3 is 57.5 Å². The normalized spacial score (nSPS) is 12.0. The van der Waals surface area contributed by atoms with E-state index < -0.39 is 18.1 Å². The van der Waals surface area contributed by atoms with Gasteiger partial charge in [-0.2, -0.15) is 0 Å². The van der Waals surface area contributed by atoms with E-state index in [1.54, 1.807) is 0 Å². The third kappa shape index (κ3) is 2.77. The summed E-state index contributed by atoms with van der Waals surface area (Å²) in [6.45, 7) is 0. The minimum absolute atomic E-state index is 1.67. The van der Waals surface area contributed by atoms with Crippen molar-refractivity contribution in [2.75, 3.05) is 28.2 Å². The molecular weight excluding hydrogens is 274 g/mol. The molecule has 8 heavy (non-hydrogen) atoms. The van der Waals surface area contributed by atoms with Gasteiger partial charge in [0, 0.05) is 0 Å². The molecule has 0 unspecified atom stereocenters. The van der Waals surface area contributed by atoms with Gasteiger partial charge in [0.15, 0.2) is 0 Å². The van der Waals surface area contributed by atoms with E-state index in [0.717, 1.165) is 0 Å². The van der Waals surface area contributed by atoms with Crippen molar-refractivity contribution >= 4 is 0 Å². The summed E-state index contributed by atoms with van der Waals surface area (Å²) in [5.41, 5.74) is 0. The van der Waals surface area contributed by atoms with E-state index in [1.807, 2.05) is 28.2 Å². The summed E-state index contributed by atoms with van der Waals surface area (Å²) >= 11 is -1.67. The van der Waals surface area contributed by atoms with E-state index in [1.165, 1.54) is 0 Å². The van der Waals surface area contributed by atoms with Gasteiger partial charge in [-0.05, 0) is 0 Å². The molecule has 0 saturated heterocycles. The first-order valence-corrected chi connectivity index (χ1v) is 6.71. The molecule has 2 N–H and O–H groups in total. The van der Waals surface area contributed by atoms with E-state index in [4.69, 9.17) is 4.29 Å². The second-order valence-electron chi connectivity index (χ2n) is 1.92. The second kappa shape index (κ2) is 3.57. The van der Waals surface area contributed by atoms with Gasteiger partial charge in [0.1, 0.15) is 0 Å². The van der Waals surface area contributed by atoms with Crippen LogP contribution < -0.4 is 4.29 Å². The van der Waals surface area contributed by atoms with E-state index >= 15 is 0 Å². The van der Waals surface area contributed by atoms with Crippen molar-refractivity contribution in [2.24, 2.45) is 4.29 Å². The van der Waals surface area contributed by atoms with Gasteiger partial charge in [-0.15, -0.1) is 0 Å². The van der Waals surface area contributed by atoms with Crippen LogP contribution in [0, 0.1) is 0 Å². The molecule has 0 fully saturated rings. The van der Waals surface area contributed by atoms with Gasteiger partial charge in [0.05, 0.1) is 0 Å². The maximum atomic E-state index is 5.81. The van der Waals surface area contributed by atoms with Crippen LogP contribution in [0.3, 0.4) is 0 Å². The Hall–Kier alpha value is 0.568. The third-order valence-electron chi connectivity index (χ3n) is 0.748. The van der Waals surface area contributed by atoms with Crippen LogP contribution in [0.4, 0.5) is 0 Å². The second-order valence-corrected chi connectivity index (χ2v) is 9.27. The summed E-state index contributed by atoms with van der Waals surface area (Å²) in [7, 11) is 8.14. The van der Waals surface area contributed by atoms with Gasteiger partial charge in [-0.1, -0.05) is 0 Å². The number of nitrogens with zero attached hydrogens (tertiary/aromatic N) is 2. The monoisotopic (exact) mass is 288 g/mol. The Morgan fingerprint density at radius 1 is 1.00 bits per heavy atom. The Balaban J connectivity index is 3.46. The third-order valence-corrected chi connectivity index (χ3v) is 6.12. The Morgan fingerprint density at radius 3 is 1.25 bits per heavy atom. The molecule has 0 aromatic carbocycles. The van der Waals surface area contributed by atoms with Crippen molar-refractivity contribution in [3.05, 3.63) is 0 Å². The van der Waals surface area contributed by atoms with E-state index in [-0.39, 0.29) is 0 Å². The first-order chi connectivity index (χ1) is 3.55. The standard InChI is InChI=1S/2C2H6N.H2N.W/c2*1-3-2;;/h2*1-2H3;1H2;/q3*-1;+3. The molecule has 0 spiro atoms.